The van der Waals surface area contributed by atoms with Gasteiger partial charge in [0.15, 0.2) is 0 Å². The average Bonchev–Trinajstić information content (AvgIpc) is 2.81. The molecule has 3 rings (SSSR count). The molecule has 0 saturated carbocycles. The lowest BCUT2D eigenvalue weighted by molar-refractivity contribution is -0.142. The SMILES string of the molecule is CCOC(=O)Cc1c(Cl)ccc2c1[nH]c1ccccc12. The number of carbonyl (C=O) groups excluding carboxylic acids is 1. The predicted molar refractivity (Wildman–Crippen MR) is 81.2 cm³/mol. The number of nitrogens with one attached hydrogen (secondary N) is 1. The highest BCUT2D eigenvalue weighted by Crippen LogP contribution is 2.31. The quantitative estimate of drug-likeness (QED) is 0.738. The van der Waals surface area contributed by atoms with Gasteiger partial charge in [0, 0.05) is 26.9 Å². The van der Waals surface area contributed by atoms with Gasteiger partial charge in [-0.05, 0) is 19.1 Å². The third kappa shape index (κ3) is 2.14. The van der Waals surface area contributed by atoms with Crippen molar-refractivity contribution < 1.29 is 9.53 Å². The molecule has 0 atom stereocenters. The van der Waals surface area contributed by atoms with Crippen molar-refractivity contribution in [3.63, 3.8) is 0 Å². The van der Waals surface area contributed by atoms with Crippen molar-refractivity contribution in [2.24, 2.45) is 0 Å². The van der Waals surface area contributed by atoms with Crippen LogP contribution in [0.3, 0.4) is 0 Å². The third-order valence-electron chi connectivity index (χ3n) is 3.36. The highest BCUT2D eigenvalue weighted by molar-refractivity contribution is 6.33. The maximum atomic E-state index is 11.7. The molecule has 0 radical (unpaired) electrons. The number of hydrogen-bond donors (Lipinski definition) is 1. The van der Waals surface area contributed by atoms with E-state index < -0.39 is 0 Å². The van der Waals surface area contributed by atoms with Crippen molar-refractivity contribution in [3.05, 3.63) is 47.0 Å². The first-order valence-electron chi connectivity index (χ1n) is 6.54. The Bertz CT molecular complexity index is 792. The summed E-state index contributed by atoms with van der Waals surface area (Å²) in [7, 11) is 0. The number of esters is 1. The molecule has 1 heterocycles. The second-order valence-electron chi connectivity index (χ2n) is 4.60. The normalized spacial score (nSPS) is 11.1. The Morgan fingerprint density at radius 3 is 2.80 bits per heavy atom. The molecule has 0 aliphatic rings. The molecule has 0 fully saturated rings. The van der Waals surface area contributed by atoms with Crippen LogP contribution in [0.4, 0.5) is 0 Å². The summed E-state index contributed by atoms with van der Waals surface area (Å²) < 4.78 is 5.01. The topological polar surface area (TPSA) is 42.1 Å². The number of ether oxygens (including phenoxy) is 1. The molecular weight excluding hydrogens is 274 g/mol. The van der Waals surface area contributed by atoms with Gasteiger partial charge in [0.2, 0.25) is 0 Å². The van der Waals surface area contributed by atoms with E-state index in [1.807, 2.05) is 30.3 Å². The van der Waals surface area contributed by atoms with Crippen LogP contribution in [0.1, 0.15) is 12.5 Å². The molecule has 102 valence electrons. The van der Waals surface area contributed by atoms with Gasteiger partial charge in [0.25, 0.3) is 0 Å². The summed E-state index contributed by atoms with van der Waals surface area (Å²) in [5.41, 5.74) is 2.74. The zero-order valence-electron chi connectivity index (χ0n) is 11.1. The third-order valence-corrected chi connectivity index (χ3v) is 3.71. The Morgan fingerprint density at radius 2 is 2.00 bits per heavy atom. The van der Waals surface area contributed by atoms with Crippen molar-refractivity contribution in [2.75, 3.05) is 6.61 Å². The fourth-order valence-electron chi connectivity index (χ4n) is 2.48. The summed E-state index contributed by atoms with van der Waals surface area (Å²) in [6.07, 6.45) is 0.177. The number of rotatable bonds is 3. The predicted octanol–water partition coefficient (Wildman–Crippen LogP) is 4.08. The molecule has 1 aromatic heterocycles. The molecule has 0 aliphatic heterocycles. The van der Waals surface area contributed by atoms with Gasteiger partial charge in [-0.15, -0.1) is 0 Å². The van der Waals surface area contributed by atoms with E-state index in [1.165, 1.54) is 0 Å². The molecule has 4 heteroatoms. The van der Waals surface area contributed by atoms with Gasteiger partial charge in [-0.25, -0.2) is 0 Å². The molecule has 0 aliphatic carbocycles. The highest BCUT2D eigenvalue weighted by atomic mass is 35.5. The van der Waals surface area contributed by atoms with E-state index >= 15 is 0 Å². The summed E-state index contributed by atoms with van der Waals surface area (Å²) in [5, 5.41) is 2.78. The summed E-state index contributed by atoms with van der Waals surface area (Å²) >= 11 is 6.25. The second kappa shape index (κ2) is 5.17. The number of H-pyrrole nitrogens is 1. The van der Waals surface area contributed by atoms with E-state index in [2.05, 4.69) is 11.1 Å². The summed E-state index contributed by atoms with van der Waals surface area (Å²) in [6.45, 7) is 2.17. The number of hydrogen-bond acceptors (Lipinski definition) is 2. The Labute approximate surface area is 121 Å². The van der Waals surface area contributed by atoms with E-state index in [0.717, 1.165) is 27.4 Å². The fourth-order valence-corrected chi connectivity index (χ4v) is 2.70. The molecule has 2 aromatic carbocycles. The minimum absolute atomic E-state index is 0.177. The van der Waals surface area contributed by atoms with Gasteiger partial charge < -0.3 is 9.72 Å². The van der Waals surface area contributed by atoms with Crippen LogP contribution < -0.4 is 0 Å². The van der Waals surface area contributed by atoms with Crippen molar-refractivity contribution >= 4 is 39.4 Å². The van der Waals surface area contributed by atoms with Gasteiger partial charge in [-0.1, -0.05) is 35.9 Å². The zero-order chi connectivity index (χ0) is 14.1. The number of aromatic nitrogens is 1. The standard InChI is InChI=1S/C16H14ClNO2/c1-2-20-15(19)9-12-13(17)8-7-11-10-5-3-4-6-14(10)18-16(11)12/h3-8,18H,2,9H2,1H3. The van der Waals surface area contributed by atoms with Crippen molar-refractivity contribution in [2.45, 2.75) is 13.3 Å². The molecule has 0 bridgehead atoms. The molecule has 0 spiro atoms. The molecular formula is C16H14ClNO2. The lowest BCUT2D eigenvalue weighted by atomic mass is 10.1. The van der Waals surface area contributed by atoms with Gasteiger partial charge in [-0.2, -0.15) is 0 Å². The molecule has 3 aromatic rings. The number of halogens is 1. The lowest BCUT2D eigenvalue weighted by Gasteiger charge is -2.06. The second-order valence-corrected chi connectivity index (χ2v) is 5.01. The number of aromatic amines is 1. The Kier molecular flexibility index (Phi) is 3.36. The van der Waals surface area contributed by atoms with E-state index in [9.17, 15) is 4.79 Å². The lowest BCUT2D eigenvalue weighted by Crippen LogP contribution is -2.08. The van der Waals surface area contributed by atoms with E-state index in [1.54, 1.807) is 6.92 Å². The maximum absolute atomic E-state index is 11.7. The molecule has 0 amide bonds. The Balaban J connectivity index is 2.19. The average molecular weight is 288 g/mol. The Morgan fingerprint density at radius 1 is 1.20 bits per heavy atom. The van der Waals surface area contributed by atoms with E-state index in [-0.39, 0.29) is 12.4 Å². The van der Waals surface area contributed by atoms with Gasteiger partial charge in [0.05, 0.1) is 18.5 Å². The van der Waals surface area contributed by atoms with E-state index in [4.69, 9.17) is 16.3 Å². The van der Waals surface area contributed by atoms with Crippen LogP contribution in [0.2, 0.25) is 5.02 Å². The first-order valence-corrected chi connectivity index (χ1v) is 6.92. The Hall–Kier alpha value is -2.00. The van der Waals surface area contributed by atoms with Crippen LogP contribution in [-0.2, 0) is 16.0 Å². The minimum Gasteiger partial charge on any atom is -0.466 e. The smallest absolute Gasteiger partial charge is 0.310 e. The highest BCUT2D eigenvalue weighted by Gasteiger charge is 2.14. The van der Waals surface area contributed by atoms with Gasteiger partial charge in [-0.3, -0.25) is 4.79 Å². The minimum atomic E-state index is -0.263. The van der Waals surface area contributed by atoms with Gasteiger partial charge >= 0.3 is 5.97 Å². The monoisotopic (exact) mass is 287 g/mol. The molecule has 20 heavy (non-hydrogen) atoms. The molecule has 3 nitrogen and oxygen atoms in total. The first kappa shape index (κ1) is 13.0. The zero-order valence-corrected chi connectivity index (χ0v) is 11.8. The first-order chi connectivity index (χ1) is 9.70. The number of carbonyl (C=O) groups is 1. The van der Waals surface area contributed by atoms with Gasteiger partial charge in [0.1, 0.15) is 0 Å². The van der Waals surface area contributed by atoms with Crippen LogP contribution in [-0.4, -0.2) is 17.6 Å². The largest absolute Gasteiger partial charge is 0.466 e. The molecule has 0 unspecified atom stereocenters. The number of para-hydroxylation sites is 1. The molecule has 1 N–H and O–H groups in total. The van der Waals surface area contributed by atoms with Crippen molar-refractivity contribution in [1.82, 2.24) is 4.98 Å². The van der Waals surface area contributed by atoms with Crippen LogP contribution in [0, 0.1) is 0 Å². The van der Waals surface area contributed by atoms with Crippen LogP contribution in [0.25, 0.3) is 21.8 Å². The maximum Gasteiger partial charge on any atom is 0.310 e. The summed E-state index contributed by atoms with van der Waals surface area (Å²) in [4.78, 5) is 15.1. The van der Waals surface area contributed by atoms with Crippen molar-refractivity contribution in [1.29, 1.82) is 0 Å². The summed E-state index contributed by atoms with van der Waals surface area (Å²) in [5.74, 6) is -0.263. The number of fused-ring (bicyclic) bond motifs is 3. The van der Waals surface area contributed by atoms with Crippen LogP contribution in [0.15, 0.2) is 36.4 Å². The van der Waals surface area contributed by atoms with E-state index in [0.29, 0.717) is 11.6 Å². The van der Waals surface area contributed by atoms with Crippen LogP contribution in [0.5, 0.6) is 0 Å². The fraction of sp³-hybridized carbons (Fsp3) is 0.188. The van der Waals surface area contributed by atoms with Crippen molar-refractivity contribution in [3.8, 4) is 0 Å². The molecule has 0 saturated heterocycles. The summed E-state index contributed by atoms with van der Waals surface area (Å²) in [6, 6.07) is 11.8. The number of benzene rings is 2. The van der Waals surface area contributed by atoms with Crippen LogP contribution >= 0.6 is 11.6 Å².